The fourth-order valence-corrected chi connectivity index (χ4v) is 2.84. The number of benzene rings is 2. The largest absolute Gasteiger partial charge is 0.462 e. The number of hydrogen-bond acceptors (Lipinski definition) is 4. The van der Waals surface area contributed by atoms with Crippen LogP contribution in [0.1, 0.15) is 13.8 Å². The number of nitrogens with one attached hydrogen (secondary N) is 1. The molecule has 0 fully saturated rings. The summed E-state index contributed by atoms with van der Waals surface area (Å²) in [5.74, 6) is 0.504. The molecule has 3 rings (SSSR count). The number of halogens is 3. The number of carbonyl (C=O) groups excluding carboxylic acids is 1. The maximum Gasteiger partial charge on any atom is 0.336 e. The van der Waals surface area contributed by atoms with Gasteiger partial charge in [-0.3, -0.25) is 4.79 Å². The summed E-state index contributed by atoms with van der Waals surface area (Å²) in [5, 5.41) is 8.06. The molecule has 2 aromatic carbocycles. The van der Waals surface area contributed by atoms with E-state index in [0.29, 0.717) is 34.1 Å². The molecule has 0 spiro atoms. The van der Waals surface area contributed by atoms with Crippen LogP contribution in [0.3, 0.4) is 0 Å². The van der Waals surface area contributed by atoms with Gasteiger partial charge in [0.25, 0.3) is 0 Å². The smallest absolute Gasteiger partial charge is 0.336 e. The third kappa shape index (κ3) is 5.41. The van der Waals surface area contributed by atoms with E-state index in [1.165, 1.54) is 0 Å². The van der Waals surface area contributed by atoms with E-state index in [-0.39, 0.29) is 17.8 Å². The minimum Gasteiger partial charge on any atom is -0.462 e. The molecule has 1 heterocycles. The van der Waals surface area contributed by atoms with E-state index < -0.39 is 0 Å². The van der Waals surface area contributed by atoms with Crippen molar-refractivity contribution < 1.29 is 9.53 Å². The van der Waals surface area contributed by atoms with Crippen molar-refractivity contribution in [2.24, 2.45) is 5.92 Å². The van der Waals surface area contributed by atoms with Crippen molar-refractivity contribution in [2.45, 2.75) is 13.8 Å². The van der Waals surface area contributed by atoms with Crippen LogP contribution in [0.5, 0.6) is 6.01 Å². The van der Waals surface area contributed by atoms with Crippen molar-refractivity contribution >= 4 is 46.4 Å². The second kappa shape index (κ2) is 9.48. The van der Waals surface area contributed by atoms with E-state index in [1.54, 1.807) is 28.9 Å². The van der Waals surface area contributed by atoms with Crippen molar-refractivity contribution in [1.29, 1.82) is 0 Å². The van der Waals surface area contributed by atoms with Crippen LogP contribution in [0.4, 0.5) is 5.69 Å². The SMILES string of the molecule is CC(C)COc1nc(-c2ccc(Cl)c(Cl)c2)n(-c2ccc(NC(=O)CCl)cc2)n1. The van der Waals surface area contributed by atoms with Crippen LogP contribution in [-0.4, -0.2) is 33.2 Å². The Labute approximate surface area is 183 Å². The molecule has 1 amide bonds. The first kappa shape index (κ1) is 21.4. The number of hydrogen-bond donors (Lipinski definition) is 1. The summed E-state index contributed by atoms with van der Waals surface area (Å²) in [6.45, 7) is 4.59. The third-order valence-electron chi connectivity index (χ3n) is 3.83. The van der Waals surface area contributed by atoms with Crippen LogP contribution in [-0.2, 0) is 4.79 Å². The molecule has 0 aliphatic rings. The summed E-state index contributed by atoms with van der Waals surface area (Å²) < 4.78 is 7.36. The molecular weight excluding hydrogens is 435 g/mol. The monoisotopic (exact) mass is 452 g/mol. The molecule has 0 aliphatic heterocycles. The Bertz CT molecular complexity index is 1000. The van der Waals surface area contributed by atoms with Gasteiger partial charge in [0, 0.05) is 11.3 Å². The third-order valence-corrected chi connectivity index (χ3v) is 4.81. The van der Waals surface area contributed by atoms with Gasteiger partial charge in [-0.05, 0) is 48.4 Å². The first-order valence-corrected chi connectivity index (χ1v) is 10.2. The van der Waals surface area contributed by atoms with E-state index in [2.05, 4.69) is 15.4 Å². The molecule has 9 heteroatoms. The van der Waals surface area contributed by atoms with Crippen LogP contribution >= 0.6 is 34.8 Å². The lowest BCUT2D eigenvalue weighted by Crippen LogP contribution is -2.12. The van der Waals surface area contributed by atoms with Crippen molar-refractivity contribution in [2.75, 3.05) is 17.8 Å². The Kier molecular flexibility index (Phi) is 7.00. The highest BCUT2D eigenvalue weighted by Gasteiger charge is 2.16. The lowest BCUT2D eigenvalue weighted by Gasteiger charge is -2.08. The Morgan fingerprint density at radius 1 is 1.14 bits per heavy atom. The first-order valence-electron chi connectivity index (χ1n) is 8.89. The molecular formula is C20H19Cl3N4O2. The van der Waals surface area contributed by atoms with E-state index >= 15 is 0 Å². The zero-order chi connectivity index (χ0) is 21.0. The van der Waals surface area contributed by atoms with Gasteiger partial charge in [-0.2, -0.15) is 4.98 Å². The molecule has 0 aliphatic carbocycles. The molecule has 152 valence electrons. The van der Waals surface area contributed by atoms with E-state index in [1.807, 2.05) is 32.0 Å². The van der Waals surface area contributed by atoms with Gasteiger partial charge in [-0.1, -0.05) is 37.0 Å². The molecule has 29 heavy (non-hydrogen) atoms. The van der Waals surface area contributed by atoms with Gasteiger partial charge in [-0.15, -0.1) is 16.7 Å². The summed E-state index contributed by atoms with van der Waals surface area (Å²) in [6, 6.07) is 12.7. The Morgan fingerprint density at radius 2 is 1.86 bits per heavy atom. The Morgan fingerprint density at radius 3 is 2.48 bits per heavy atom. The van der Waals surface area contributed by atoms with Crippen molar-refractivity contribution in [3.05, 3.63) is 52.5 Å². The summed E-state index contributed by atoms with van der Waals surface area (Å²) in [7, 11) is 0. The molecule has 6 nitrogen and oxygen atoms in total. The molecule has 1 aromatic heterocycles. The first-order chi connectivity index (χ1) is 13.9. The van der Waals surface area contributed by atoms with Crippen molar-refractivity contribution in [1.82, 2.24) is 14.8 Å². The van der Waals surface area contributed by atoms with Crippen LogP contribution in [0.2, 0.25) is 10.0 Å². The summed E-state index contributed by atoms with van der Waals surface area (Å²) in [5.41, 5.74) is 2.11. The average Bonchev–Trinajstić information content (AvgIpc) is 3.13. The van der Waals surface area contributed by atoms with Crippen LogP contribution < -0.4 is 10.1 Å². The molecule has 0 bridgehead atoms. The molecule has 0 saturated carbocycles. The van der Waals surface area contributed by atoms with Crippen molar-refractivity contribution in [3.63, 3.8) is 0 Å². The number of nitrogens with zero attached hydrogens (tertiary/aromatic N) is 3. The van der Waals surface area contributed by atoms with Gasteiger partial charge in [0.15, 0.2) is 5.82 Å². The number of aromatic nitrogens is 3. The molecule has 0 radical (unpaired) electrons. The van der Waals surface area contributed by atoms with E-state index in [9.17, 15) is 4.79 Å². The lowest BCUT2D eigenvalue weighted by atomic mass is 10.2. The lowest BCUT2D eigenvalue weighted by molar-refractivity contribution is -0.113. The van der Waals surface area contributed by atoms with Crippen LogP contribution in [0.15, 0.2) is 42.5 Å². The zero-order valence-corrected chi connectivity index (χ0v) is 18.1. The summed E-state index contributed by atoms with van der Waals surface area (Å²) >= 11 is 17.8. The van der Waals surface area contributed by atoms with Gasteiger partial charge in [0.2, 0.25) is 5.91 Å². The number of rotatable bonds is 7. The van der Waals surface area contributed by atoms with Gasteiger partial charge >= 0.3 is 6.01 Å². The number of ether oxygens (including phenoxy) is 1. The number of carbonyl (C=O) groups is 1. The minimum atomic E-state index is -0.277. The predicted molar refractivity (Wildman–Crippen MR) is 116 cm³/mol. The molecule has 0 saturated heterocycles. The molecule has 1 N–H and O–H groups in total. The van der Waals surface area contributed by atoms with Gasteiger partial charge in [0.05, 0.1) is 22.3 Å². The fourth-order valence-electron chi connectivity index (χ4n) is 2.48. The van der Waals surface area contributed by atoms with Gasteiger partial charge in [-0.25, -0.2) is 4.68 Å². The highest BCUT2D eigenvalue weighted by Crippen LogP contribution is 2.30. The normalized spacial score (nSPS) is 11.0. The van der Waals surface area contributed by atoms with Crippen LogP contribution in [0.25, 0.3) is 17.1 Å². The van der Waals surface area contributed by atoms with Gasteiger partial charge in [0.1, 0.15) is 5.88 Å². The zero-order valence-electron chi connectivity index (χ0n) is 15.8. The molecule has 0 unspecified atom stereocenters. The number of amides is 1. The minimum absolute atomic E-state index is 0.108. The highest BCUT2D eigenvalue weighted by atomic mass is 35.5. The van der Waals surface area contributed by atoms with Crippen LogP contribution in [0, 0.1) is 5.92 Å². The highest BCUT2D eigenvalue weighted by molar-refractivity contribution is 6.42. The van der Waals surface area contributed by atoms with E-state index in [4.69, 9.17) is 39.5 Å². The maximum atomic E-state index is 11.5. The second-order valence-corrected chi connectivity index (χ2v) is 7.77. The Hall–Kier alpha value is -2.28. The summed E-state index contributed by atoms with van der Waals surface area (Å²) in [4.78, 5) is 16.0. The quantitative estimate of drug-likeness (QED) is 0.483. The molecule has 3 aromatic rings. The topological polar surface area (TPSA) is 69.0 Å². The standard InChI is InChI=1S/C20H19Cl3N4O2/c1-12(2)11-29-20-25-19(13-3-8-16(22)17(23)9-13)27(26-20)15-6-4-14(5-7-15)24-18(28)10-21/h3-9,12H,10-11H2,1-2H3,(H,24,28). The van der Waals surface area contributed by atoms with Crippen molar-refractivity contribution in [3.8, 4) is 23.1 Å². The number of anilines is 1. The number of alkyl halides is 1. The second-order valence-electron chi connectivity index (χ2n) is 6.69. The van der Waals surface area contributed by atoms with Gasteiger partial charge < -0.3 is 10.1 Å². The van der Waals surface area contributed by atoms with E-state index in [0.717, 1.165) is 11.3 Å². The fraction of sp³-hybridized carbons (Fsp3) is 0.250. The molecule has 0 atom stereocenters. The summed E-state index contributed by atoms with van der Waals surface area (Å²) in [6.07, 6.45) is 0. The predicted octanol–water partition coefficient (Wildman–Crippen LogP) is 5.45. The Balaban J connectivity index is 1.99. The maximum absolute atomic E-state index is 11.5. The average molecular weight is 454 g/mol.